The third kappa shape index (κ3) is 3.43. The van der Waals surface area contributed by atoms with Crippen LogP contribution >= 0.6 is 27.3 Å². The fraction of sp³-hybridized carbons (Fsp3) is 0.0455. The zero-order valence-corrected chi connectivity index (χ0v) is 17.7. The summed E-state index contributed by atoms with van der Waals surface area (Å²) in [5.41, 5.74) is 2.79. The van der Waals surface area contributed by atoms with Gasteiger partial charge in [0.25, 0.3) is 5.56 Å². The van der Waals surface area contributed by atoms with Gasteiger partial charge in [-0.2, -0.15) is 9.50 Å². The van der Waals surface area contributed by atoms with Gasteiger partial charge < -0.3 is 4.42 Å². The summed E-state index contributed by atoms with van der Waals surface area (Å²) in [6, 6.07) is 19.5. The van der Waals surface area contributed by atoms with Crippen molar-refractivity contribution in [3.8, 4) is 22.7 Å². The standard InChI is InChI=1S/C22H14BrN3O2S/c1-13-4-2-6-15(10-13)20-24-22-26(25-20)21(27)19(29-22)12-17-8-9-18(28-17)14-5-3-7-16(23)11-14/h2-12H,1H3. The van der Waals surface area contributed by atoms with Gasteiger partial charge >= 0.3 is 0 Å². The van der Waals surface area contributed by atoms with E-state index in [0.29, 0.717) is 21.1 Å². The van der Waals surface area contributed by atoms with Crippen molar-refractivity contribution < 1.29 is 4.42 Å². The Morgan fingerprint density at radius 1 is 1.07 bits per heavy atom. The predicted molar refractivity (Wildman–Crippen MR) is 118 cm³/mol. The van der Waals surface area contributed by atoms with E-state index in [4.69, 9.17) is 4.42 Å². The number of benzene rings is 2. The molecule has 0 bridgehead atoms. The highest BCUT2D eigenvalue weighted by Crippen LogP contribution is 2.25. The molecule has 0 N–H and O–H groups in total. The number of hydrogen-bond donors (Lipinski definition) is 0. The minimum Gasteiger partial charge on any atom is -0.457 e. The third-order valence-electron chi connectivity index (χ3n) is 4.47. The average molecular weight is 464 g/mol. The molecule has 0 aliphatic heterocycles. The Morgan fingerprint density at radius 2 is 1.90 bits per heavy atom. The Hall–Kier alpha value is -3.03. The van der Waals surface area contributed by atoms with Gasteiger partial charge in [-0.3, -0.25) is 4.79 Å². The van der Waals surface area contributed by atoms with E-state index < -0.39 is 0 Å². The Labute approximate surface area is 178 Å². The van der Waals surface area contributed by atoms with Crippen molar-refractivity contribution in [2.75, 3.05) is 0 Å². The van der Waals surface area contributed by atoms with Gasteiger partial charge in [0.15, 0.2) is 5.82 Å². The van der Waals surface area contributed by atoms with Gasteiger partial charge in [0.05, 0.1) is 0 Å². The Morgan fingerprint density at radius 3 is 2.69 bits per heavy atom. The molecule has 0 atom stereocenters. The van der Waals surface area contributed by atoms with Crippen molar-refractivity contribution in [2.45, 2.75) is 6.92 Å². The van der Waals surface area contributed by atoms with E-state index in [2.05, 4.69) is 26.0 Å². The number of fused-ring (bicyclic) bond motifs is 1. The van der Waals surface area contributed by atoms with Crippen molar-refractivity contribution in [3.05, 3.63) is 91.3 Å². The Balaban J connectivity index is 1.53. The van der Waals surface area contributed by atoms with E-state index in [9.17, 15) is 4.79 Å². The molecule has 0 aliphatic rings. The molecule has 0 radical (unpaired) electrons. The fourth-order valence-electron chi connectivity index (χ4n) is 3.10. The van der Waals surface area contributed by atoms with Crippen LogP contribution in [0, 0.1) is 6.92 Å². The van der Waals surface area contributed by atoms with Gasteiger partial charge in [-0.15, -0.1) is 5.10 Å². The number of aryl methyl sites for hydroxylation is 1. The molecule has 0 amide bonds. The van der Waals surface area contributed by atoms with Gasteiger partial charge in [0.1, 0.15) is 16.1 Å². The van der Waals surface area contributed by atoms with Gasteiger partial charge in [-0.05, 0) is 37.3 Å². The van der Waals surface area contributed by atoms with Crippen LogP contribution in [0.1, 0.15) is 11.3 Å². The summed E-state index contributed by atoms with van der Waals surface area (Å²) >= 11 is 4.77. The zero-order chi connectivity index (χ0) is 20.0. The summed E-state index contributed by atoms with van der Waals surface area (Å²) in [4.78, 5) is 17.8. The van der Waals surface area contributed by atoms with Crippen molar-refractivity contribution in [1.82, 2.24) is 14.6 Å². The first-order valence-electron chi connectivity index (χ1n) is 8.91. The lowest BCUT2D eigenvalue weighted by atomic mass is 10.1. The summed E-state index contributed by atoms with van der Waals surface area (Å²) < 4.78 is 8.77. The summed E-state index contributed by atoms with van der Waals surface area (Å²) in [5, 5.41) is 4.40. The number of aromatic nitrogens is 3. The highest BCUT2D eigenvalue weighted by Gasteiger charge is 2.12. The van der Waals surface area contributed by atoms with E-state index in [1.807, 2.05) is 67.6 Å². The molecule has 0 aliphatic carbocycles. The lowest BCUT2D eigenvalue weighted by Gasteiger charge is -1.96. The highest BCUT2D eigenvalue weighted by atomic mass is 79.9. The number of hydrogen-bond acceptors (Lipinski definition) is 5. The average Bonchev–Trinajstić information content (AvgIpc) is 3.40. The summed E-state index contributed by atoms with van der Waals surface area (Å²) in [5.74, 6) is 1.91. The van der Waals surface area contributed by atoms with E-state index in [1.54, 1.807) is 6.08 Å². The number of rotatable bonds is 3. The van der Waals surface area contributed by atoms with Crippen LogP contribution < -0.4 is 10.1 Å². The largest absolute Gasteiger partial charge is 0.457 e. The van der Waals surface area contributed by atoms with Crippen LogP contribution in [0.2, 0.25) is 0 Å². The molecule has 5 rings (SSSR count). The van der Waals surface area contributed by atoms with Crippen molar-refractivity contribution in [3.63, 3.8) is 0 Å². The molecule has 3 heterocycles. The summed E-state index contributed by atoms with van der Waals surface area (Å²) in [7, 11) is 0. The van der Waals surface area contributed by atoms with Crippen LogP contribution in [0.3, 0.4) is 0 Å². The Kier molecular flexibility index (Phi) is 4.41. The third-order valence-corrected chi connectivity index (χ3v) is 5.92. The van der Waals surface area contributed by atoms with E-state index in [-0.39, 0.29) is 5.56 Å². The second-order valence-electron chi connectivity index (χ2n) is 6.63. The minimum absolute atomic E-state index is 0.197. The maximum atomic E-state index is 12.8. The topological polar surface area (TPSA) is 60.4 Å². The van der Waals surface area contributed by atoms with Crippen LogP contribution in [-0.4, -0.2) is 14.6 Å². The van der Waals surface area contributed by atoms with E-state index in [1.165, 1.54) is 15.9 Å². The first-order valence-corrected chi connectivity index (χ1v) is 10.5. The monoisotopic (exact) mass is 463 g/mol. The van der Waals surface area contributed by atoms with Crippen LogP contribution in [-0.2, 0) is 0 Å². The molecular formula is C22H14BrN3O2S. The molecule has 5 nitrogen and oxygen atoms in total. The van der Waals surface area contributed by atoms with Gasteiger partial charge in [0.2, 0.25) is 4.96 Å². The second-order valence-corrected chi connectivity index (χ2v) is 8.55. The number of halogens is 1. The SMILES string of the molecule is Cc1cccc(-c2nc3sc(=Cc4ccc(-c5cccc(Br)c5)o4)c(=O)n3n2)c1. The van der Waals surface area contributed by atoms with Crippen LogP contribution in [0.4, 0.5) is 0 Å². The molecule has 2 aromatic carbocycles. The first kappa shape index (κ1) is 18.0. The molecule has 29 heavy (non-hydrogen) atoms. The highest BCUT2D eigenvalue weighted by molar-refractivity contribution is 9.10. The van der Waals surface area contributed by atoms with Crippen LogP contribution in [0.25, 0.3) is 33.7 Å². The molecule has 0 unspecified atom stereocenters. The van der Waals surface area contributed by atoms with Gasteiger partial charge in [-0.1, -0.05) is 63.2 Å². The number of thiazole rings is 1. The van der Waals surface area contributed by atoms with Crippen molar-refractivity contribution in [1.29, 1.82) is 0 Å². The second kappa shape index (κ2) is 7.09. The molecule has 0 fully saturated rings. The molecular weight excluding hydrogens is 450 g/mol. The first-order chi connectivity index (χ1) is 14.1. The lowest BCUT2D eigenvalue weighted by molar-refractivity contribution is 0.571. The quantitative estimate of drug-likeness (QED) is 0.389. The summed E-state index contributed by atoms with van der Waals surface area (Å²) in [6.07, 6.45) is 1.73. The summed E-state index contributed by atoms with van der Waals surface area (Å²) in [6.45, 7) is 2.01. The number of nitrogens with zero attached hydrogens (tertiary/aromatic N) is 3. The maximum Gasteiger partial charge on any atom is 0.291 e. The molecule has 3 aromatic heterocycles. The molecule has 142 valence electrons. The smallest absolute Gasteiger partial charge is 0.291 e. The maximum absolute atomic E-state index is 12.8. The number of furan rings is 1. The van der Waals surface area contributed by atoms with Gasteiger partial charge in [0, 0.05) is 21.7 Å². The molecule has 5 aromatic rings. The van der Waals surface area contributed by atoms with E-state index >= 15 is 0 Å². The lowest BCUT2D eigenvalue weighted by Crippen LogP contribution is -2.23. The molecule has 0 saturated heterocycles. The van der Waals surface area contributed by atoms with Gasteiger partial charge in [-0.25, -0.2) is 0 Å². The molecule has 0 saturated carbocycles. The Bertz CT molecular complexity index is 1470. The minimum atomic E-state index is -0.197. The fourth-order valence-corrected chi connectivity index (χ4v) is 4.38. The molecule has 7 heteroatoms. The van der Waals surface area contributed by atoms with Crippen LogP contribution in [0.15, 0.2) is 74.3 Å². The normalized spacial score (nSPS) is 12.1. The predicted octanol–water partition coefficient (Wildman–Crippen LogP) is 4.70. The van der Waals surface area contributed by atoms with E-state index in [0.717, 1.165) is 26.9 Å². The zero-order valence-electron chi connectivity index (χ0n) is 15.3. The van der Waals surface area contributed by atoms with Crippen molar-refractivity contribution in [2.24, 2.45) is 0 Å². The molecule has 0 spiro atoms. The van der Waals surface area contributed by atoms with Crippen molar-refractivity contribution >= 4 is 38.3 Å². The van der Waals surface area contributed by atoms with Crippen LogP contribution in [0.5, 0.6) is 0 Å².